The number of nitrogens with zero attached hydrogens (tertiary/aromatic N) is 2. The van der Waals surface area contributed by atoms with Crippen LogP contribution < -0.4 is 10.2 Å². The third kappa shape index (κ3) is 3.50. The summed E-state index contributed by atoms with van der Waals surface area (Å²) in [5.74, 6) is 0. The zero-order valence-electron chi connectivity index (χ0n) is 11.6. The van der Waals surface area contributed by atoms with Crippen LogP contribution in [0.15, 0.2) is 36.5 Å². The van der Waals surface area contributed by atoms with Crippen LogP contribution in [0.2, 0.25) is 0 Å². The lowest BCUT2D eigenvalue weighted by Crippen LogP contribution is -2.51. The number of hydrogen-bond donors (Lipinski definition) is 1. The fourth-order valence-electron chi connectivity index (χ4n) is 2.24. The maximum absolute atomic E-state index is 11.8. The Morgan fingerprint density at radius 3 is 2.63 bits per heavy atom. The molecule has 1 N–H and O–H groups in total. The number of hydrogen-bond acceptors (Lipinski definition) is 2. The minimum atomic E-state index is -0.0120. The lowest BCUT2D eigenvalue weighted by Gasteiger charge is -2.36. The highest BCUT2D eigenvalue weighted by atomic mass is 16.2. The van der Waals surface area contributed by atoms with Gasteiger partial charge in [-0.25, -0.2) is 4.79 Å². The molecule has 2 rings (SSSR count). The van der Waals surface area contributed by atoms with Gasteiger partial charge in [0.25, 0.3) is 0 Å². The second-order valence-electron chi connectivity index (χ2n) is 4.76. The number of amides is 2. The minimum Gasteiger partial charge on any atom is -0.368 e. The molecular formula is C15H21N3O. The molecule has 0 atom stereocenters. The maximum atomic E-state index is 11.8. The van der Waals surface area contributed by atoms with Crippen molar-refractivity contribution >= 4 is 11.7 Å². The van der Waals surface area contributed by atoms with Crippen molar-refractivity contribution in [1.82, 2.24) is 10.2 Å². The Balaban J connectivity index is 1.90. The second-order valence-corrected chi connectivity index (χ2v) is 4.76. The van der Waals surface area contributed by atoms with Crippen LogP contribution >= 0.6 is 0 Å². The van der Waals surface area contributed by atoms with Crippen LogP contribution in [-0.2, 0) is 0 Å². The van der Waals surface area contributed by atoms with Crippen molar-refractivity contribution in [3.05, 3.63) is 42.1 Å². The zero-order chi connectivity index (χ0) is 13.7. The van der Waals surface area contributed by atoms with E-state index in [0.29, 0.717) is 0 Å². The van der Waals surface area contributed by atoms with Crippen LogP contribution in [0, 0.1) is 6.92 Å². The SMILES string of the molecule is C/C=C/NC(=O)N1CCN(c2cccc(C)c2)CC1. The first kappa shape index (κ1) is 13.5. The van der Waals surface area contributed by atoms with Crippen LogP contribution in [0.4, 0.5) is 10.5 Å². The normalized spacial score (nSPS) is 15.9. The van der Waals surface area contributed by atoms with Gasteiger partial charge in [-0.1, -0.05) is 18.2 Å². The quantitative estimate of drug-likeness (QED) is 0.885. The van der Waals surface area contributed by atoms with Crippen molar-refractivity contribution in [3.8, 4) is 0 Å². The fourth-order valence-corrected chi connectivity index (χ4v) is 2.24. The number of rotatable bonds is 2. The van der Waals surface area contributed by atoms with Gasteiger partial charge >= 0.3 is 6.03 Å². The molecule has 1 heterocycles. The number of carbonyl (C=O) groups is 1. The van der Waals surface area contributed by atoms with E-state index < -0.39 is 0 Å². The number of carbonyl (C=O) groups excluding carboxylic acids is 1. The van der Waals surface area contributed by atoms with E-state index in [1.807, 2.05) is 17.9 Å². The maximum Gasteiger partial charge on any atom is 0.321 e. The first-order valence-corrected chi connectivity index (χ1v) is 6.69. The third-order valence-electron chi connectivity index (χ3n) is 3.31. The molecule has 1 aromatic carbocycles. The van der Waals surface area contributed by atoms with Gasteiger partial charge in [-0.15, -0.1) is 0 Å². The van der Waals surface area contributed by atoms with Gasteiger partial charge in [-0.05, 0) is 31.5 Å². The Bertz CT molecular complexity index is 462. The predicted octanol–water partition coefficient (Wildman–Crippen LogP) is 2.36. The topological polar surface area (TPSA) is 35.6 Å². The highest BCUT2D eigenvalue weighted by Crippen LogP contribution is 2.17. The number of allylic oxidation sites excluding steroid dienone is 1. The summed E-state index contributed by atoms with van der Waals surface area (Å²) in [6, 6.07) is 8.49. The molecule has 4 heteroatoms. The smallest absolute Gasteiger partial charge is 0.321 e. The fraction of sp³-hybridized carbons (Fsp3) is 0.400. The predicted molar refractivity (Wildman–Crippen MR) is 78.3 cm³/mol. The lowest BCUT2D eigenvalue weighted by atomic mass is 10.2. The van der Waals surface area contributed by atoms with Gasteiger partial charge in [-0.2, -0.15) is 0 Å². The molecule has 0 aromatic heterocycles. The zero-order valence-corrected chi connectivity index (χ0v) is 11.6. The summed E-state index contributed by atoms with van der Waals surface area (Å²) in [6.07, 6.45) is 3.50. The molecule has 0 unspecified atom stereocenters. The molecule has 4 nitrogen and oxygen atoms in total. The Morgan fingerprint density at radius 2 is 2.00 bits per heavy atom. The van der Waals surface area contributed by atoms with Gasteiger partial charge in [0.15, 0.2) is 0 Å². The molecule has 1 fully saturated rings. The summed E-state index contributed by atoms with van der Waals surface area (Å²) in [6.45, 7) is 7.27. The van der Waals surface area contributed by atoms with Crippen molar-refractivity contribution in [1.29, 1.82) is 0 Å². The molecule has 1 aliphatic rings. The van der Waals surface area contributed by atoms with E-state index in [0.717, 1.165) is 26.2 Å². The highest BCUT2D eigenvalue weighted by molar-refractivity contribution is 5.75. The van der Waals surface area contributed by atoms with Crippen molar-refractivity contribution < 1.29 is 4.79 Å². The Hall–Kier alpha value is -1.97. The molecule has 0 bridgehead atoms. The molecule has 2 amide bonds. The number of nitrogens with one attached hydrogen (secondary N) is 1. The first-order chi connectivity index (χ1) is 9.20. The van der Waals surface area contributed by atoms with E-state index in [4.69, 9.17) is 0 Å². The lowest BCUT2D eigenvalue weighted by molar-refractivity contribution is 0.198. The molecule has 102 valence electrons. The highest BCUT2D eigenvalue weighted by Gasteiger charge is 2.20. The Labute approximate surface area is 114 Å². The summed E-state index contributed by atoms with van der Waals surface area (Å²) in [7, 11) is 0. The largest absolute Gasteiger partial charge is 0.368 e. The average Bonchev–Trinajstić information content (AvgIpc) is 2.45. The molecule has 0 aliphatic carbocycles. The van der Waals surface area contributed by atoms with Crippen LogP contribution in [-0.4, -0.2) is 37.1 Å². The molecule has 1 aromatic rings. The molecule has 1 aliphatic heterocycles. The van der Waals surface area contributed by atoms with Crippen molar-refractivity contribution in [2.45, 2.75) is 13.8 Å². The number of aryl methyl sites for hydroxylation is 1. The summed E-state index contributed by atoms with van der Waals surface area (Å²) in [5.41, 5.74) is 2.51. The van der Waals surface area contributed by atoms with Gasteiger partial charge < -0.3 is 15.1 Å². The van der Waals surface area contributed by atoms with E-state index in [1.165, 1.54) is 11.3 Å². The molecular weight excluding hydrogens is 238 g/mol. The number of anilines is 1. The summed E-state index contributed by atoms with van der Waals surface area (Å²) in [5, 5.41) is 2.75. The van der Waals surface area contributed by atoms with Gasteiger partial charge in [-0.3, -0.25) is 0 Å². The monoisotopic (exact) mass is 259 g/mol. The van der Waals surface area contributed by atoms with Gasteiger partial charge in [0.2, 0.25) is 0 Å². The molecule has 1 saturated heterocycles. The van der Waals surface area contributed by atoms with E-state index in [9.17, 15) is 4.79 Å². The Kier molecular flexibility index (Phi) is 4.44. The van der Waals surface area contributed by atoms with Crippen molar-refractivity contribution in [2.75, 3.05) is 31.1 Å². The third-order valence-corrected chi connectivity index (χ3v) is 3.31. The molecule has 0 spiro atoms. The molecule has 0 saturated carbocycles. The van der Waals surface area contributed by atoms with Crippen molar-refractivity contribution in [2.24, 2.45) is 0 Å². The van der Waals surface area contributed by atoms with Crippen LogP contribution in [0.5, 0.6) is 0 Å². The van der Waals surface area contributed by atoms with Crippen molar-refractivity contribution in [3.63, 3.8) is 0 Å². The van der Waals surface area contributed by atoms with E-state index in [2.05, 4.69) is 41.4 Å². The van der Waals surface area contributed by atoms with Gasteiger partial charge in [0.1, 0.15) is 0 Å². The summed E-state index contributed by atoms with van der Waals surface area (Å²) >= 11 is 0. The van der Waals surface area contributed by atoms with Crippen LogP contribution in [0.25, 0.3) is 0 Å². The van der Waals surface area contributed by atoms with E-state index in [1.54, 1.807) is 6.20 Å². The molecule has 0 radical (unpaired) electrons. The molecule has 19 heavy (non-hydrogen) atoms. The number of urea groups is 1. The van der Waals surface area contributed by atoms with E-state index >= 15 is 0 Å². The summed E-state index contributed by atoms with van der Waals surface area (Å²) in [4.78, 5) is 16.0. The van der Waals surface area contributed by atoms with Gasteiger partial charge in [0.05, 0.1) is 0 Å². The van der Waals surface area contributed by atoms with Crippen LogP contribution in [0.3, 0.4) is 0 Å². The Morgan fingerprint density at radius 1 is 1.26 bits per heavy atom. The first-order valence-electron chi connectivity index (χ1n) is 6.69. The van der Waals surface area contributed by atoms with Crippen LogP contribution in [0.1, 0.15) is 12.5 Å². The minimum absolute atomic E-state index is 0.0120. The number of piperazine rings is 1. The van der Waals surface area contributed by atoms with Gasteiger partial charge in [0, 0.05) is 38.1 Å². The standard InChI is InChI=1S/C15H21N3O/c1-3-7-16-15(19)18-10-8-17(9-11-18)14-6-4-5-13(2)12-14/h3-7,12H,8-11H2,1-2H3,(H,16,19)/b7-3+. The number of benzene rings is 1. The van der Waals surface area contributed by atoms with E-state index in [-0.39, 0.29) is 6.03 Å². The average molecular weight is 259 g/mol. The summed E-state index contributed by atoms with van der Waals surface area (Å²) < 4.78 is 0. The second kappa shape index (κ2) is 6.27.